The summed E-state index contributed by atoms with van der Waals surface area (Å²) in [6.45, 7) is 2.39. The van der Waals surface area contributed by atoms with Crippen LogP contribution < -0.4 is 0 Å². The maximum absolute atomic E-state index is 11.2. The third kappa shape index (κ3) is 4.30. The molecule has 5 nitrogen and oxygen atoms in total. The fourth-order valence-corrected chi connectivity index (χ4v) is 0.979. The molecule has 0 atom stereocenters. The molecule has 0 saturated carbocycles. The molecule has 94 valence electrons. The Hall–Kier alpha value is -0.910. The molecule has 0 rings (SSSR count). The van der Waals surface area contributed by atoms with E-state index in [0.717, 1.165) is 0 Å². The highest BCUT2D eigenvalue weighted by atomic mass is 16.5. The van der Waals surface area contributed by atoms with Crippen LogP contribution in [0.15, 0.2) is 11.6 Å². The van der Waals surface area contributed by atoms with Crippen molar-refractivity contribution in [2.45, 2.75) is 20.3 Å². The average molecular weight is 232 g/mol. The second-order valence-electron chi connectivity index (χ2n) is 3.83. The van der Waals surface area contributed by atoms with Gasteiger partial charge in [0.15, 0.2) is 0 Å². The maximum atomic E-state index is 11.2. The smallest absolute Gasteiger partial charge is 0.333 e. The molecule has 0 fully saturated rings. The first kappa shape index (κ1) is 15.1. The van der Waals surface area contributed by atoms with Crippen molar-refractivity contribution in [1.29, 1.82) is 0 Å². The lowest BCUT2D eigenvalue weighted by atomic mass is 9.88. The summed E-state index contributed by atoms with van der Waals surface area (Å²) in [5.41, 5.74) is -0.480. The molecular weight excluding hydrogens is 212 g/mol. The standard InChI is InChI=1S/C11H20O5/c1-3-9(2)10(15)16-5-4-11(6-12,7-13)8-14/h3,12-14H,4-8H2,1-2H3. The molecule has 0 aromatic carbocycles. The molecule has 16 heavy (non-hydrogen) atoms. The molecule has 5 heteroatoms. The fraction of sp³-hybridized carbons (Fsp3) is 0.727. The molecule has 0 heterocycles. The van der Waals surface area contributed by atoms with Gasteiger partial charge in [0.2, 0.25) is 0 Å². The van der Waals surface area contributed by atoms with E-state index in [2.05, 4.69) is 0 Å². The van der Waals surface area contributed by atoms with Crippen LogP contribution in [0.4, 0.5) is 0 Å². The van der Waals surface area contributed by atoms with Crippen LogP contribution in [0.2, 0.25) is 0 Å². The van der Waals surface area contributed by atoms with E-state index in [1.54, 1.807) is 19.9 Å². The monoisotopic (exact) mass is 232 g/mol. The summed E-state index contributed by atoms with van der Waals surface area (Å²) in [5.74, 6) is -0.426. The number of carbonyl (C=O) groups excluding carboxylic acids is 1. The number of aliphatic hydroxyl groups excluding tert-OH is 3. The predicted octanol–water partition coefficient (Wildman–Crippen LogP) is -0.151. The predicted molar refractivity (Wildman–Crippen MR) is 58.7 cm³/mol. The lowest BCUT2D eigenvalue weighted by Gasteiger charge is -2.26. The first-order chi connectivity index (χ1) is 7.55. The molecule has 0 aromatic rings. The molecule has 0 saturated heterocycles. The van der Waals surface area contributed by atoms with Gasteiger partial charge in [0.1, 0.15) is 0 Å². The molecule has 0 aliphatic rings. The van der Waals surface area contributed by atoms with Crippen molar-refractivity contribution in [3.63, 3.8) is 0 Å². The fourth-order valence-electron chi connectivity index (χ4n) is 0.979. The van der Waals surface area contributed by atoms with E-state index < -0.39 is 11.4 Å². The zero-order valence-corrected chi connectivity index (χ0v) is 9.77. The van der Waals surface area contributed by atoms with E-state index in [1.165, 1.54) is 0 Å². The quantitative estimate of drug-likeness (QED) is 0.420. The van der Waals surface area contributed by atoms with E-state index in [4.69, 9.17) is 20.1 Å². The second-order valence-corrected chi connectivity index (χ2v) is 3.83. The van der Waals surface area contributed by atoms with Crippen LogP contribution in [0, 0.1) is 5.41 Å². The number of carbonyl (C=O) groups is 1. The molecule has 0 amide bonds. The summed E-state index contributed by atoms with van der Waals surface area (Å²) in [6, 6.07) is 0. The average Bonchev–Trinajstić information content (AvgIpc) is 2.34. The van der Waals surface area contributed by atoms with Gasteiger partial charge in [-0.1, -0.05) is 6.08 Å². The number of rotatable bonds is 7. The Morgan fingerprint density at radius 2 is 1.75 bits per heavy atom. The van der Waals surface area contributed by atoms with Gasteiger partial charge >= 0.3 is 5.97 Å². The first-order valence-electron chi connectivity index (χ1n) is 5.18. The zero-order valence-electron chi connectivity index (χ0n) is 9.77. The number of hydrogen-bond acceptors (Lipinski definition) is 5. The minimum absolute atomic E-state index is 0.0612. The highest BCUT2D eigenvalue weighted by Gasteiger charge is 2.28. The summed E-state index contributed by atoms with van der Waals surface area (Å²) in [7, 11) is 0. The van der Waals surface area contributed by atoms with Crippen LogP contribution in [-0.2, 0) is 9.53 Å². The van der Waals surface area contributed by atoms with Crippen molar-refractivity contribution in [3.05, 3.63) is 11.6 Å². The van der Waals surface area contributed by atoms with Gasteiger partial charge < -0.3 is 20.1 Å². The summed E-state index contributed by atoms with van der Waals surface area (Å²) in [5, 5.41) is 27.1. The van der Waals surface area contributed by atoms with Crippen LogP contribution in [-0.4, -0.2) is 47.7 Å². The van der Waals surface area contributed by atoms with Crippen molar-refractivity contribution >= 4 is 5.97 Å². The van der Waals surface area contributed by atoms with E-state index in [0.29, 0.717) is 5.57 Å². The van der Waals surface area contributed by atoms with Crippen molar-refractivity contribution in [1.82, 2.24) is 0 Å². The number of ether oxygens (including phenoxy) is 1. The highest BCUT2D eigenvalue weighted by Crippen LogP contribution is 2.19. The summed E-state index contributed by atoms with van der Waals surface area (Å²) < 4.78 is 4.92. The van der Waals surface area contributed by atoms with Crippen LogP contribution in [0.5, 0.6) is 0 Å². The normalized spacial score (nSPS) is 12.7. The topological polar surface area (TPSA) is 87.0 Å². The minimum atomic E-state index is -0.982. The largest absolute Gasteiger partial charge is 0.462 e. The van der Waals surface area contributed by atoms with Gasteiger partial charge in [-0.2, -0.15) is 0 Å². The lowest BCUT2D eigenvalue weighted by molar-refractivity contribution is -0.140. The third-order valence-electron chi connectivity index (χ3n) is 2.63. The first-order valence-corrected chi connectivity index (χ1v) is 5.18. The second kappa shape index (κ2) is 7.38. The van der Waals surface area contributed by atoms with Crippen LogP contribution in [0.1, 0.15) is 20.3 Å². The van der Waals surface area contributed by atoms with Crippen LogP contribution in [0.25, 0.3) is 0 Å². The van der Waals surface area contributed by atoms with Gasteiger partial charge in [0.25, 0.3) is 0 Å². The Labute approximate surface area is 95.4 Å². The van der Waals surface area contributed by atoms with Gasteiger partial charge in [0.05, 0.1) is 26.4 Å². The van der Waals surface area contributed by atoms with Crippen molar-refractivity contribution < 1.29 is 24.9 Å². The minimum Gasteiger partial charge on any atom is -0.462 e. The van der Waals surface area contributed by atoms with E-state index >= 15 is 0 Å². The van der Waals surface area contributed by atoms with Crippen molar-refractivity contribution in [3.8, 4) is 0 Å². The third-order valence-corrected chi connectivity index (χ3v) is 2.63. The molecule has 0 radical (unpaired) electrons. The molecule has 0 spiro atoms. The van der Waals surface area contributed by atoms with Gasteiger partial charge in [-0.15, -0.1) is 0 Å². The summed E-state index contributed by atoms with van der Waals surface area (Å²) in [6.07, 6.45) is 1.86. The maximum Gasteiger partial charge on any atom is 0.333 e. The Bertz CT molecular complexity index is 234. The molecule has 0 aliphatic heterocycles. The molecule has 0 aromatic heterocycles. The van der Waals surface area contributed by atoms with Gasteiger partial charge in [-0.3, -0.25) is 0 Å². The molecule has 3 N–H and O–H groups in total. The number of hydrogen-bond donors (Lipinski definition) is 3. The SMILES string of the molecule is CC=C(C)C(=O)OCCC(CO)(CO)CO. The summed E-state index contributed by atoms with van der Waals surface area (Å²) in [4.78, 5) is 11.2. The van der Waals surface area contributed by atoms with E-state index in [-0.39, 0.29) is 32.8 Å². The molecular formula is C11H20O5. The number of allylic oxidation sites excluding steroid dienone is 1. The van der Waals surface area contributed by atoms with Crippen LogP contribution in [0.3, 0.4) is 0 Å². The molecule has 0 aliphatic carbocycles. The Balaban J connectivity index is 4.10. The van der Waals surface area contributed by atoms with Gasteiger partial charge in [0, 0.05) is 11.0 Å². The van der Waals surface area contributed by atoms with E-state index in [9.17, 15) is 4.79 Å². The lowest BCUT2D eigenvalue weighted by Crippen LogP contribution is -2.35. The molecule has 0 bridgehead atoms. The van der Waals surface area contributed by atoms with Crippen molar-refractivity contribution in [2.75, 3.05) is 26.4 Å². The highest BCUT2D eigenvalue weighted by molar-refractivity contribution is 5.87. The Morgan fingerprint density at radius 1 is 1.25 bits per heavy atom. The Morgan fingerprint density at radius 3 is 2.12 bits per heavy atom. The zero-order chi connectivity index (χ0) is 12.6. The molecule has 0 unspecified atom stereocenters. The van der Waals surface area contributed by atoms with Gasteiger partial charge in [-0.05, 0) is 20.3 Å². The number of aliphatic hydroxyl groups is 3. The van der Waals surface area contributed by atoms with Crippen LogP contribution >= 0.6 is 0 Å². The Kier molecular flexibility index (Phi) is 6.96. The summed E-state index contributed by atoms with van der Waals surface area (Å²) >= 11 is 0. The number of esters is 1. The van der Waals surface area contributed by atoms with Crippen molar-refractivity contribution in [2.24, 2.45) is 5.41 Å². The van der Waals surface area contributed by atoms with Gasteiger partial charge in [-0.25, -0.2) is 4.79 Å². The van der Waals surface area contributed by atoms with E-state index in [1.807, 2.05) is 0 Å².